The van der Waals surface area contributed by atoms with Crippen LogP contribution in [-0.4, -0.2) is 16.5 Å². The molecular formula is C6H9ClO2. The lowest BCUT2D eigenvalue weighted by Gasteiger charge is -2.06. The fourth-order valence-corrected chi connectivity index (χ4v) is 0.447. The first kappa shape index (κ1) is 8.50. The van der Waals surface area contributed by atoms with Crippen molar-refractivity contribution in [3.05, 3.63) is 12.7 Å². The second-order valence-electron chi connectivity index (χ2n) is 1.83. The van der Waals surface area contributed by atoms with Crippen molar-refractivity contribution in [3.63, 3.8) is 0 Å². The Morgan fingerprint density at radius 2 is 2.33 bits per heavy atom. The van der Waals surface area contributed by atoms with Gasteiger partial charge in [-0.25, -0.2) is 0 Å². The predicted molar refractivity (Wildman–Crippen MR) is 36.6 cm³/mol. The summed E-state index contributed by atoms with van der Waals surface area (Å²) in [6, 6.07) is 0. The van der Waals surface area contributed by atoms with Crippen LogP contribution in [0.2, 0.25) is 0 Å². The lowest BCUT2D eigenvalue weighted by Crippen LogP contribution is -2.19. The summed E-state index contributed by atoms with van der Waals surface area (Å²) in [5.74, 6) is -1.17. The first-order chi connectivity index (χ1) is 4.09. The maximum absolute atomic E-state index is 10.1. The van der Waals surface area contributed by atoms with E-state index in [1.807, 2.05) is 0 Å². The van der Waals surface area contributed by atoms with Crippen LogP contribution in [0.5, 0.6) is 0 Å². The third-order valence-electron chi connectivity index (χ3n) is 1.07. The lowest BCUT2D eigenvalue weighted by molar-refractivity contribution is -0.137. The smallest absolute Gasteiger partial charge is 0.322 e. The number of carbonyl (C=O) groups is 1. The summed E-state index contributed by atoms with van der Waals surface area (Å²) in [6.07, 6.45) is 1.52. The summed E-state index contributed by atoms with van der Waals surface area (Å²) >= 11 is 5.40. The Hall–Kier alpha value is -0.500. The molecule has 0 radical (unpaired) electrons. The molecule has 52 valence electrons. The Balaban J connectivity index is 3.86. The standard InChI is InChI=1S/C6H9ClO2/c1-3-4(2)5(7)6(8)9/h3-5H,1H2,2H3,(H,8,9)/t4-,5-/m1/s1. The number of aliphatic carboxylic acids is 1. The van der Waals surface area contributed by atoms with Crippen LogP contribution in [0.3, 0.4) is 0 Å². The largest absolute Gasteiger partial charge is 0.480 e. The summed E-state index contributed by atoms with van der Waals surface area (Å²) in [7, 11) is 0. The summed E-state index contributed by atoms with van der Waals surface area (Å²) in [5, 5.41) is 7.46. The van der Waals surface area contributed by atoms with Crippen LogP contribution in [0.15, 0.2) is 12.7 Å². The van der Waals surface area contributed by atoms with Crippen molar-refractivity contribution in [1.29, 1.82) is 0 Å². The van der Waals surface area contributed by atoms with E-state index in [9.17, 15) is 4.79 Å². The fraction of sp³-hybridized carbons (Fsp3) is 0.500. The average Bonchev–Trinajstić information content (AvgIpc) is 1.84. The van der Waals surface area contributed by atoms with Gasteiger partial charge in [0.05, 0.1) is 0 Å². The summed E-state index contributed by atoms with van der Waals surface area (Å²) in [6.45, 7) is 5.12. The van der Waals surface area contributed by atoms with Gasteiger partial charge in [-0.3, -0.25) is 4.79 Å². The first-order valence-electron chi connectivity index (χ1n) is 2.59. The summed E-state index contributed by atoms with van der Waals surface area (Å²) in [4.78, 5) is 10.1. The molecule has 0 spiro atoms. The van der Waals surface area contributed by atoms with E-state index < -0.39 is 11.3 Å². The molecule has 0 amide bonds. The monoisotopic (exact) mass is 148 g/mol. The Labute approximate surface area is 59.1 Å². The third kappa shape index (κ3) is 2.51. The lowest BCUT2D eigenvalue weighted by atomic mass is 10.1. The number of hydrogen-bond donors (Lipinski definition) is 1. The van der Waals surface area contributed by atoms with Crippen molar-refractivity contribution in [1.82, 2.24) is 0 Å². The van der Waals surface area contributed by atoms with Crippen molar-refractivity contribution in [2.75, 3.05) is 0 Å². The van der Waals surface area contributed by atoms with Gasteiger partial charge in [0, 0.05) is 5.92 Å². The summed E-state index contributed by atoms with van der Waals surface area (Å²) in [5.41, 5.74) is 0. The highest BCUT2D eigenvalue weighted by Gasteiger charge is 2.18. The minimum absolute atomic E-state index is 0.177. The molecule has 1 N–H and O–H groups in total. The Morgan fingerprint density at radius 1 is 1.89 bits per heavy atom. The topological polar surface area (TPSA) is 37.3 Å². The van der Waals surface area contributed by atoms with Crippen LogP contribution in [0.1, 0.15) is 6.92 Å². The molecule has 0 aliphatic carbocycles. The van der Waals surface area contributed by atoms with Crippen LogP contribution in [0, 0.1) is 5.92 Å². The molecule has 2 atom stereocenters. The van der Waals surface area contributed by atoms with Crippen LogP contribution in [0.25, 0.3) is 0 Å². The number of halogens is 1. The Kier molecular flexibility index (Phi) is 3.32. The molecule has 0 aromatic carbocycles. The van der Waals surface area contributed by atoms with Crippen molar-refractivity contribution < 1.29 is 9.90 Å². The number of alkyl halides is 1. The van der Waals surface area contributed by atoms with Crippen molar-refractivity contribution >= 4 is 17.6 Å². The van der Waals surface area contributed by atoms with Crippen LogP contribution in [0.4, 0.5) is 0 Å². The molecule has 0 saturated carbocycles. The van der Waals surface area contributed by atoms with Gasteiger partial charge in [-0.1, -0.05) is 13.0 Å². The molecule has 0 bridgehead atoms. The number of hydrogen-bond acceptors (Lipinski definition) is 1. The van der Waals surface area contributed by atoms with Crippen LogP contribution in [-0.2, 0) is 4.79 Å². The minimum atomic E-state index is -0.996. The van der Waals surface area contributed by atoms with Crippen molar-refractivity contribution in [2.45, 2.75) is 12.3 Å². The van der Waals surface area contributed by atoms with Gasteiger partial charge < -0.3 is 5.11 Å². The molecule has 0 saturated heterocycles. The van der Waals surface area contributed by atoms with E-state index in [2.05, 4.69) is 6.58 Å². The first-order valence-corrected chi connectivity index (χ1v) is 3.02. The fourth-order valence-electron chi connectivity index (χ4n) is 0.344. The highest BCUT2D eigenvalue weighted by atomic mass is 35.5. The van der Waals surface area contributed by atoms with E-state index >= 15 is 0 Å². The van der Waals surface area contributed by atoms with Gasteiger partial charge in [0.1, 0.15) is 5.38 Å². The van der Waals surface area contributed by atoms with Gasteiger partial charge in [-0.05, 0) is 0 Å². The second-order valence-corrected chi connectivity index (χ2v) is 2.31. The van der Waals surface area contributed by atoms with Gasteiger partial charge >= 0.3 is 5.97 Å². The summed E-state index contributed by atoms with van der Waals surface area (Å²) < 4.78 is 0. The minimum Gasteiger partial charge on any atom is -0.480 e. The SMILES string of the molecule is C=C[C@@H](C)[C@@H](Cl)C(=O)O. The molecule has 0 rings (SSSR count). The Bertz CT molecular complexity index is 122. The van der Waals surface area contributed by atoms with Crippen LogP contribution >= 0.6 is 11.6 Å². The zero-order valence-electron chi connectivity index (χ0n) is 5.17. The molecular weight excluding hydrogens is 140 g/mol. The van der Waals surface area contributed by atoms with E-state index in [0.717, 1.165) is 0 Å². The zero-order valence-corrected chi connectivity index (χ0v) is 5.93. The maximum Gasteiger partial charge on any atom is 0.322 e. The number of carboxylic acid groups (broad SMARTS) is 1. The highest BCUT2D eigenvalue weighted by molar-refractivity contribution is 6.29. The van der Waals surface area contributed by atoms with Gasteiger partial charge in [-0.15, -0.1) is 18.2 Å². The number of carboxylic acids is 1. The van der Waals surface area contributed by atoms with Crippen molar-refractivity contribution in [2.24, 2.45) is 5.92 Å². The van der Waals surface area contributed by atoms with Gasteiger partial charge in [-0.2, -0.15) is 0 Å². The third-order valence-corrected chi connectivity index (χ3v) is 1.65. The molecule has 0 unspecified atom stereocenters. The highest BCUT2D eigenvalue weighted by Crippen LogP contribution is 2.10. The van der Waals surface area contributed by atoms with Crippen molar-refractivity contribution in [3.8, 4) is 0 Å². The maximum atomic E-state index is 10.1. The number of allylic oxidation sites excluding steroid dienone is 1. The van der Waals surface area contributed by atoms with E-state index in [1.165, 1.54) is 6.08 Å². The molecule has 3 heteroatoms. The molecule has 0 aromatic rings. The predicted octanol–water partition coefficient (Wildman–Crippen LogP) is 1.50. The molecule has 0 aliphatic heterocycles. The van der Waals surface area contributed by atoms with Gasteiger partial charge in [0.25, 0.3) is 0 Å². The Morgan fingerprint density at radius 3 is 2.44 bits per heavy atom. The normalized spacial score (nSPS) is 16.2. The molecule has 9 heavy (non-hydrogen) atoms. The van der Waals surface area contributed by atoms with E-state index in [-0.39, 0.29) is 5.92 Å². The van der Waals surface area contributed by atoms with Crippen LogP contribution < -0.4 is 0 Å². The second kappa shape index (κ2) is 3.51. The average molecular weight is 149 g/mol. The molecule has 0 fully saturated rings. The zero-order chi connectivity index (χ0) is 7.44. The molecule has 2 nitrogen and oxygen atoms in total. The number of rotatable bonds is 3. The molecule has 0 aromatic heterocycles. The van der Waals surface area contributed by atoms with Gasteiger partial charge in [0.2, 0.25) is 0 Å². The molecule has 0 heterocycles. The van der Waals surface area contributed by atoms with E-state index in [1.54, 1.807) is 6.92 Å². The molecule has 0 aliphatic rings. The van der Waals surface area contributed by atoms with E-state index in [0.29, 0.717) is 0 Å². The van der Waals surface area contributed by atoms with E-state index in [4.69, 9.17) is 16.7 Å². The quantitative estimate of drug-likeness (QED) is 0.487. The van der Waals surface area contributed by atoms with Gasteiger partial charge in [0.15, 0.2) is 0 Å².